The van der Waals surface area contributed by atoms with E-state index in [1.54, 1.807) is 13.0 Å². The molecule has 0 aliphatic rings. The van der Waals surface area contributed by atoms with Crippen LogP contribution in [0.5, 0.6) is 5.75 Å². The van der Waals surface area contributed by atoms with E-state index >= 15 is 0 Å². The minimum Gasteiger partial charge on any atom is -0.481 e. The first-order chi connectivity index (χ1) is 12.5. The van der Waals surface area contributed by atoms with Crippen LogP contribution in [-0.4, -0.2) is 17.9 Å². The number of benzene rings is 2. The quantitative estimate of drug-likeness (QED) is 0.661. The summed E-state index contributed by atoms with van der Waals surface area (Å²) in [5.41, 5.74) is 5.69. The third-order valence-electron chi connectivity index (χ3n) is 3.81. The highest BCUT2D eigenvalue weighted by molar-refractivity contribution is 7.21. The Balaban J connectivity index is 1.62. The molecule has 7 heteroatoms. The van der Waals surface area contributed by atoms with Crippen LogP contribution < -0.4 is 15.6 Å². The lowest BCUT2D eigenvalue weighted by atomic mass is 10.2. The van der Waals surface area contributed by atoms with Gasteiger partial charge in [-0.05, 0) is 31.5 Å². The van der Waals surface area contributed by atoms with Gasteiger partial charge in [0.25, 0.3) is 11.8 Å². The number of hydrazine groups is 1. The van der Waals surface area contributed by atoms with Gasteiger partial charge in [-0.15, -0.1) is 11.3 Å². The van der Waals surface area contributed by atoms with Crippen LogP contribution in [0.1, 0.15) is 22.2 Å². The van der Waals surface area contributed by atoms with Crippen LogP contribution in [-0.2, 0) is 4.79 Å². The normalized spacial score (nSPS) is 11.8. The third-order valence-corrected chi connectivity index (χ3v) is 5.48. The third kappa shape index (κ3) is 3.81. The molecule has 1 atom stereocenters. The zero-order valence-electron chi connectivity index (χ0n) is 14.2. The maximum absolute atomic E-state index is 12.3. The van der Waals surface area contributed by atoms with E-state index in [-0.39, 0.29) is 0 Å². The number of hydrogen-bond acceptors (Lipinski definition) is 4. The topological polar surface area (TPSA) is 67.4 Å². The number of ether oxygens (including phenoxy) is 1. The van der Waals surface area contributed by atoms with Gasteiger partial charge in [0.2, 0.25) is 0 Å². The summed E-state index contributed by atoms with van der Waals surface area (Å²) < 4.78 is 6.54. The molecule has 3 aromatic rings. The molecule has 5 nitrogen and oxygen atoms in total. The number of carbonyl (C=O) groups is 2. The number of carbonyl (C=O) groups excluding carboxylic acids is 2. The van der Waals surface area contributed by atoms with Crippen molar-refractivity contribution in [2.24, 2.45) is 0 Å². The van der Waals surface area contributed by atoms with Crippen molar-refractivity contribution in [3.05, 3.63) is 64.0 Å². The van der Waals surface area contributed by atoms with Crippen molar-refractivity contribution in [1.82, 2.24) is 10.9 Å². The van der Waals surface area contributed by atoms with Gasteiger partial charge < -0.3 is 4.74 Å². The van der Waals surface area contributed by atoms with Crippen molar-refractivity contribution < 1.29 is 14.3 Å². The Morgan fingerprint density at radius 3 is 2.50 bits per heavy atom. The Morgan fingerprint density at radius 1 is 1.08 bits per heavy atom. The van der Waals surface area contributed by atoms with Crippen LogP contribution in [0.3, 0.4) is 0 Å². The summed E-state index contributed by atoms with van der Waals surface area (Å²) in [6, 6.07) is 14.9. The van der Waals surface area contributed by atoms with Gasteiger partial charge in [0, 0.05) is 10.1 Å². The van der Waals surface area contributed by atoms with Gasteiger partial charge in [0.05, 0.1) is 5.02 Å². The van der Waals surface area contributed by atoms with E-state index in [2.05, 4.69) is 10.9 Å². The van der Waals surface area contributed by atoms with Gasteiger partial charge in [-0.25, -0.2) is 0 Å². The molecular weight excluding hydrogens is 372 g/mol. The average Bonchev–Trinajstić information content (AvgIpc) is 2.98. The number of thiophene rings is 1. The lowest BCUT2D eigenvalue weighted by molar-refractivity contribution is -0.128. The molecule has 2 N–H and O–H groups in total. The molecule has 0 saturated heterocycles. The van der Waals surface area contributed by atoms with Crippen LogP contribution in [0.25, 0.3) is 10.1 Å². The Hall–Kier alpha value is -2.57. The fraction of sp³-hybridized carbons (Fsp3) is 0.158. The van der Waals surface area contributed by atoms with Crippen LogP contribution in [0.4, 0.5) is 0 Å². The summed E-state index contributed by atoms with van der Waals surface area (Å²) in [5.74, 6) is -0.305. The second-order valence-corrected chi connectivity index (χ2v) is 7.14. The van der Waals surface area contributed by atoms with Crippen molar-refractivity contribution in [3.8, 4) is 5.75 Å². The van der Waals surface area contributed by atoms with Crippen molar-refractivity contribution in [2.45, 2.75) is 20.0 Å². The zero-order valence-corrected chi connectivity index (χ0v) is 15.8. The molecule has 0 saturated carbocycles. The number of rotatable bonds is 4. The number of aryl methyl sites for hydroxylation is 1. The van der Waals surface area contributed by atoms with Gasteiger partial charge in [-0.2, -0.15) is 0 Å². The van der Waals surface area contributed by atoms with Crippen LogP contribution >= 0.6 is 22.9 Å². The minimum atomic E-state index is -0.769. The van der Waals surface area contributed by atoms with E-state index in [1.807, 2.05) is 49.4 Å². The standard InChI is InChI=1S/C19H17ClN2O3S/c1-11-7-3-5-9-14(11)25-12(2)18(23)21-22-19(24)17-16(20)13-8-4-6-10-15(13)26-17/h3-10,12H,1-2H3,(H,21,23)(H,22,24). The predicted molar refractivity (Wildman–Crippen MR) is 104 cm³/mol. The SMILES string of the molecule is Cc1ccccc1OC(C)C(=O)NNC(=O)c1sc2ccccc2c1Cl. The number of halogens is 1. The minimum absolute atomic E-state index is 0.348. The predicted octanol–water partition coefficient (Wildman–Crippen LogP) is 4.09. The van der Waals surface area contributed by atoms with E-state index in [0.717, 1.165) is 15.6 Å². The molecular formula is C19H17ClN2O3S. The van der Waals surface area contributed by atoms with Crippen LogP contribution in [0, 0.1) is 6.92 Å². The number of nitrogens with one attached hydrogen (secondary N) is 2. The molecule has 1 heterocycles. The van der Waals surface area contributed by atoms with E-state index in [0.29, 0.717) is 15.6 Å². The highest BCUT2D eigenvalue weighted by Gasteiger charge is 2.20. The van der Waals surface area contributed by atoms with Gasteiger partial charge in [-0.3, -0.25) is 20.4 Å². The van der Waals surface area contributed by atoms with Crippen molar-refractivity contribution in [3.63, 3.8) is 0 Å². The Bertz CT molecular complexity index is 970. The Morgan fingerprint density at radius 2 is 1.77 bits per heavy atom. The number of amides is 2. The molecule has 2 amide bonds. The average molecular weight is 389 g/mol. The van der Waals surface area contributed by atoms with E-state index < -0.39 is 17.9 Å². The summed E-state index contributed by atoms with van der Waals surface area (Å²) in [6.07, 6.45) is -0.769. The molecule has 2 aromatic carbocycles. The summed E-state index contributed by atoms with van der Waals surface area (Å²) in [7, 11) is 0. The van der Waals surface area contributed by atoms with Crippen molar-refractivity contribution in [1.29, 1.82) is 0 Å². The van der Waals surface area contributed by atoms with Gasteiger partial charge in [0.15, 0.2) is 6.10 Å². The first-order valence-corrected chi connectivity index (χ1v) is 9.16. The van der Waals surface area contributed by atoms with Crippen LogP contribution in [0.15, 0.2) is 48.5 Å². The second kappa shape index (κ2) is 7.76. The molecule has 134 valence electrons. The van der Waals surface area contributed by atoms with Crippen molar-refractivity contribution >= 4 is 44.8 Å². The number of hydrogen-bond donors (Lipinski definition) is 2. The first kappa shape index (κ1) is 18.2. The number of fused-ring (bicyclic) bond motifs is 1. The van der Waals surface area contributed by atoms with E-state index in [9.17, 15) is 9.59 Å². The van der Waals surface area contributed by atoms with Crippen LogP contribution in [0.2, 0.25) is 5.02 Å². The smallest absolute Gasteiger partial charge is 0.281 e. The molecule has 1 aromatic heterocycles. The summed E-state index contributed by atoms with van der Waals surface area (Å²) in [6.45, 7) is 3.51. The molecule has 0 bridgehead atoms. The molecule has 0 aliphatic heterocycles. The maximum atomic E-state index is 12.3. The lowest BCUT2D eigenvalue weighted by Crippen LogP contribution is -2.47. The lowest BCUT2D eigenvalue weighted by Gasteiger charge is -2.16. The Kier molecular flexibility index (Phi) is 5.44. The fourth-order valence-electron chi connectivity index (χ4n) is 2.37. The second-order valence-electron chi connectivity index (χ2n) is 5.71. The fourth-order valence-corrected chi connectivity index (χ4v) is 3.78. The summed E-state index contributed by atoms with van der Waals surface area (Å²) in [5, 5.41) is 1.19. The van der Waals surface area contributed by atoms with Gasteiger partial charge in [-0.1, -0.05) is 48.0 Å². The summed E-state index contributed by atoms with van der Waals surface area (Å²) in [4.78, 5) is 24.9. The number of para-hydroxylation sites is 1. The highest BCUT2D eigenvalue weighted by atomic mass is 35.5. The molecule has 3 rings (SSSR count). The largest absolute Gasteiger partial charge is 0.481 e. The molecule has 0 spiro atoms. The highest BCUT2D eigenvalue weighted by Crippen LogP contribution is 2.34. The maximum Gasteiger partial charge on any atom is 0.281 e. The zero-order chi connectivity index (χ0) is 18.7. The van der Waals surface area contributed by atoms with Gasteiger partial charge >= 0.3 is 0 Å². The molecule has 1 unspecified atom stereocenters. The van der Waals surface area contributed by atoms with E-state index in [4.69, 9.17) is 16.3 Å². The van der Waals surface area contributed by atoms with Crippen molar-refractivity contribution in [2.75, 3.05) is 0 Å². The van der Waals surface area contributed by atoms with E-state index in [1.165, 1.54) is 11.3 Å². The Labute approximate surface area is 159 Å². The monoisotopic (exact) mass is 388 g/mol. The molecule has 0 aliphatic carbocycles. The molecule has 0 fully saturated rings. The molecule has 0 radical (unpaired) electrons. The first-order valence-electron chi connectivity index (χ1n) is 7.97. The van der Waals surface area contributed by atoms with Gasteiger partial charge in [0.1, 0.15) is 10.6 Å². The molecule has 26 heavy (non-hydrogen) atoms. The summed E-state index contributed by atoms with van der Waals surface area (Å²) >= 11 is 7.54.